The monoisotopic (exact) mass is 266 g/mol. The number of nitriles is 1. The van der Waals surface area contributed by atoms with Crippen molar-refractivity contribution in [1.29, 1.82) is 5.26 Å². The molecule has 1 aliphatic rings. The zero-order valence-corrected chi connectivity index (χ0v) is 11.1. The van der Waals surface area contributed by atoms with Crippen LogP contribution in [-0.2, 0) is 6.54 Å². The van der Waals surface area contributed by atoms with Crippen molar-refractivity contribution in [3.05, 3.63) is 53.1 Å². The van der Waals surface area contributed by atoms with Crippen molar-refractivity contribution in [2.45, 2.75) is 13.5 Å². The van der Waals surface area contributed by atoms with E-state index in [0.717, 1.165) is 28.3 Å². The van der Waals surface area contributed by atoms with Gasteiger partial charge in [0.25, 0.3) is 0 Å². The van der Waals surface area contributed by atoms with Crippen LogP contribution in [0.3, 0.4) is 0 Å². The molecule has 4 heteroatoms. The number of rotatable bonds is 3. The topological polar surface area (TPSA) is 54.3 Å². The quantitative estimate of drug-likeness (QED) is 0.926. The van der Waals surface area contributed by atoms with Crippen molar-refractivity contribution in [3.8, 4) is 17.6 Å². The van der Waals surface area contributed by atoms with Gasteiger partial charge in [-0.3, -0.25) is 0 Å². The summed E-state index contributed by atoms with van der Waals surface area (Å²) in [5.74, 6) is 1.60. The summed E-state index contributed by atoms with van der Waals surface area (Å²) in [6, 6.07) is 13.7. The van der Waals surface area contributed by atoms with Crippen LogP contribution in [0.25, 0.3) is 0 Å². The van der Waals surface area contributed by atoms with E-state index < -0.39 is 0 Å². The third-order valence-electron chi connectivity index (χ3n) is 3.31. The summed E-state index contributed by atoms with van der Waals surface area (Å²) in [5.41, 5.74) is 3.71. The standard InChI is InChI=1S/C16H14N2O2/c1-11-7-14(6-5-12(11)8-17)18-9-13-3-2-4-15-16(13)20-10-19-15/h2-7,18H,9-10H2,1H3. The molecular formula is C16H14N2O2. The Balaban J connectivity index is 1.76. The summed E-state index contributed by atoms with van der Waals surface area (Å²) in [6.07, 6.45) is 0. The Hall–Kier alpha value is -2.67. The second-order valence-electron chi connectivity index (χ2n) is 4.65. The smallest absolute Gasteiger partial charge is 0.231 e. The van der Waals surface area contributed by atoms with Gasteiger partial charge >= 0.3 is 0 Å². The number of hydrogen-bond acceptors (Lipinski definition) is 4. The lowest BCUT2D eigenvalue weighted by Crippen LogP contribution is -2.01. The number of aryl methyl sites for hydroxylation is 1. The van der Waals surface area contributed by atoms with Crippen molar-refractivity contribution in [2.24, 2.45) is 0 Å². The molecule has 0 bridgehead atoms. The maximum Gasteiger partial charge on any atom is 0.231 e. The minimum absolute atomic E-state index is 0.280. The van der Waals surface area contributed by atoms with E-state index in [1.54, 1.807) is 0 Å². The maximum atomic E-state index is 8.92. The van der Waals surface area contributed by atoms with E-state index >= 15 is 0 Å². The first-order valence-corrected chi connectivity index (χ1v) is 6.40. The van der Waals surface area contributed by atoms with E-state index in [2.05, 4.69) is 11.4 Å². The van der Waals surface area contributed by atoms with Crippen LogP contribution in [0.15, 0.2) is 36.4 Å². The predicted molar refractivity (Wildman–Crippen MR) is 75.8 cm³/mol. The number of benzene rings is 2. The summed E-state index contributed by atoms with van der Waals surface area (Å²) in [5, 5.41) is 12.3. The number of fused-ring (bicyclic) bond motifs is 1. The molecule has 1 heterocycles. The lowest BCUT2D eigenvalue weighted by Gasteiger charge is -2.10. The van der Waals surface area contributed by atoms with Crippen molar-refractivity contribution >= 4 is 5.69 Å². The molecule has 0 amide bonds. The van der Waals surface area contributed by atoms with Gasteiger partial charge in [0.1, 0.15) is 0 Å². The van der Waals surface area contributed by atoms with Gasteiger partial charge in [-0.1, -0.05) is 12.1 Å². The molecule has 0 saturated carbocycles. The Bertz CT molecular complexity index is 689. The van der Waals surface area contributed by atoms with E-state index in [1.807, 2.05) is 43.3 Å². The second-order valence-corrected chi connectivity index (χ2v) is 4.65. The Morgan fingerprint density at radius 3 is 2.95 bits per heavy atom. The number of ether oxygens (including phenoxy) is 2. The normalized spacial score (nSPS) is 12.0. The first-order valence-electron chi connectivity index (χ1n) is 6.40. The third-order valence-corrected chi connectivity index (χ3v) is 3.31. The molecular weight excluding hydrogens is 252 g/mol. The molecule has 0 radical (unpaired) electrons. The van der Waals surface area contributed by atoms with E-state index in [4.69, 9.17) is 14.7 Å². The molecule has 0 aliphatic carbocycles. The number of anilines is 1. The molecule has 0 aromatic heterocycles. The maximum absolute atomic E-state index is 8.92. The molecule has 20 heavy (non-hydrogen) atoms. The molecule has 100 valence electrons. The van der Waals surface area contributed by atoms with Crippen LogP contribution >= 0.6 is 0 Å². The van der Waals surface area contributed by atoms with Crippen molar-refractivity contribution in [1.82, 2.24) is 0 Å². The summed E-state index contributed by atoms with van der Waals surface area (Å²) in [7, 11) is 0. The fourth-order valence-electron chi connectivity index (χ4n) is 2.23. The zero-order valence-electron chi connectivity index (χ0n) is 11.1. The van der Waals surface area contributed by atoms with Gasteiger partial charge in [-0.15, -0.1) is 0 Å². The highest BCUT2D eigenvalue weighted by Crippen LogP contribution is 2.35. The number of hydrogen-bond donors (Lipinski definition) is 1. The van der Waals surface area contributed by atoms with Gasteiger partial charge in [0.2, 0.25) is 6.79 Å². The first-order chi connectivity index (χ1) is 9.78. The number of nitrogens with one attached hydrogen (secondary N) is 1. The summed E-state index contributed by atoms with van der Waals surface area (Å²) >= 11 is 0. The van der Waals surface area contributed by atoms with Gasteiger partial charge in [-0.05, 0) is 36.8 Å². The average Bonchev–Trinajstić information content (AvgIpc) is 2.94. The Morgan fingerprint density at radius 2 is 2.15 bits per heavy atom. The van der Waals surface area contributed by atoms with Crippen molar-refractivity contribution < 1.29 is 9.47 Å². The van der Waals surface area contributed by atoms with Crippen LogP contribution in [0.5, 0.6) is 11.5 Å². The van der Waals surface area contributed by atoms with E-state index in [1.165, 1.54) is 0 Å². The van der Waals surface area contributed by atoms with Crippen molar-refractivity contribution in [2.75, 3.05) is 12.1 Å². The van der Waals surface area contributed by atoms with E-state index in [-0.39, 0.29) is 6.79 Å². The van der Waals surface area contributed by atoms with Gasteiger partial charge in [-0.25, -0.2) is 0 Å². The van der Waals surface area contributed by atoms with Crippen molar-refractivity contribution in [3.63, 3.8) is 0 Å². The van der Waals surface area contributed by atoms with Gasteiger partial charge < -0.3 is 14.8 Å². The second kappa shape index (κ2) is 5.14. The Morgan fingerprint density at radius 1 is 1.25 bits per heavy atom. The number of nitrogens with zero attached hydrogens (tertiary/aromatic N) is 1. The minimum atomic E-state index is 0.280. The molecule has 3 rings (SSSR count). The Kier molecular flexibility index (Phi) is 3.18. The summed E-state index contributed by atoms with van der Waals surface area (Å²) in [4.78, 5) is 0. The predicted octanol–water partition coefficient (Wildman–Crippen LogP) is 3.21. The lowest BCUT2D eigenvalue weighted by atomic mass is 10.1. The highest BCUT2D eigenvalue weighted by molar-refractivity contribution is 5.54. The molecule has 0 saturated heterocycles. The van der Waals surface area contributed by atoms with E-state index in [0.29, 0.717) is 12.1 Å². The van der Waals surface area contributed by atoms with Crippen LogP contribution in [0.4, 0.5) is 5.69 Å². The third kappa shape index (κ3) is 2.26. The molecule has 0 fully saturated rings. The number of para-hydroxylation sites is 1. The highest BCUT2D eigenvalue weighted by atomic mass is 16.7. The molecule has 2 aromatic carbocycles. The molecule has 0 spiro atoms. The fourth-order valence-corrected chi connectivity index (χ4v) is 2.23. The van der Waals surface area contributed by atoms with Gasteiger partial charge in [-0.2, -0.15) is 5.26 Å². The minimum Gasteiger partial charge on any atom is -0.454 e. The molecule has 1 aliphatic heterocycles. The van der Waals surface area contributed by atoms with Crippen LogP contribution in [0.1, 0.15) is 16.7 Å². The van der Waals surface area contributed by atoms with Crippen LogP contribution in [0, 0.1) is 18.3 Å². The highest BCUT2D eigenvalue weighted by Gasteiger charge is 2.16. The van der Waals surface area contributed by atoms with Gasteiger partial charge in [0.05, 0.1) is 11.6 Å². The average molecular weight is 266 g/mol. The first kappa shape index (κ1) is 12.4. The summed E-state index contributed by atoms with van der Waals surface area (Å²) < 4.78 is 10.8. The lowest BCUT2D eigenvalue weighted by molar-refractivity contribution is 0.173. The van der Waals surface area contributed by atoms with Crippen LogP contribution in [0.2, 0.25) is 0 Å². The van der Waals surface area contributed by atoms with Crippen LogP contribution in [-0.4, -0.2) is 6.79 Å². The fraction of sp³-hybridized carbons (Fsp3) is 0.188. The Labute approximate surface area is 117 Å². The van der Waals surface area contributed by atoms with Gasteiger partial charge in [0.15, 0.2) is 11.5 Å². The largest absolute Gasteiger partial charge is 0.454 e. The molecule has 0 atom stereocenters. The molecule has 1 N–H and O–H groups in total. The summed E-state index contributed by atoms with van der Waals surface area (Å²) in [6.45, 7) is 2.86. The SMILES string of the molecule is Cc1cc(NCc2cccc3c2OCO3)ccc1C#N. The molecule has 2 aromatic rings. The zero-order chi connectivity index (χ0) is 13.9. The van der Waals surface area contributed by atoms with E-state index in [9.17, 15) is 0 Å². The van der Waals surface area contributed by atoms with Crippen LogP contribution < -0.4 is 14.8 Å². The molecule has 0 unspecified atom stereocenters. The van der Waals surface area contributed by atoms with Gasteiger partial charge in [0, 0.05) is 17.8 Å². The molecule has 4 nitrogen and oxygen atoms in total.